The van der Waals surface area contributed by atoms with Gasteiger partial charge in [0.2, 0.25) is 0 Å². The van der Waals surface area contributed by atoms with Crippen LogP contribution in [0.25, 0.3) is 22.6 Å². The lowest BCUT2D eigenvalue weighted by Gasteiger charge is -2.50. The molecule has 4 aliphatic rings. The van der Waals surface area contributed by atoms with Gasteiger partial charge in [0.1, 0.15) is 8.85 Å². The molecular weight excluding hydrogens is 607 g/mol. The molecule has 3 atom stereocenters. The van der Waals surface area contributed by atoms with Crippen molar-refractivity contribution < 1.29 is 14.0 Å². The molecule has 198 valence electrons. The number of rotatable bonds is 3. The lowest BCUT2D eigenvalue weighted by atomic mass is 9.61. The van der Waals surface area contributed by atoms with Crippen LogP contribution in [0, 0.1) is 3.70 Å². The van der Waals surface area contributed by atoms with E-state index in [9.17, 15) is 0 Å². The Hall–Kier alpha value is -1.34. The zero-order valence-corrected chi connectivity index (χ0v) is 24.2. The van der Waals surface area contributed by atoms with E-state index in [2.05, 4.69) is 46.6 Å². The lowest BCUT2D eigenvalue weighted by Crippen LogP contribution is -2.56. The second-order valence-corrected chi connectivity index (χ2v) is 12.5. The van der Waals surface area contributed by atoms with Crippen molar-refractivity contribution in [2.45, 2.75) is 88.0 Å². The number of likely N-dealkylation sites (tertiary alicyclic amines) is 1. The summed E-state index contributed by atoms with van der Waals surface area (Å²) in [4.78, 5) is 12.2. The summed E-state index contributed by atoms with van der Waals surface area (Å²) in [5.74, 6) is 0.790. The molecule has 37 heavy (non-hydrogen) atoms. The number of halogens is 2. The van der Waals surface area contributed by atoms with Crippen LogP contribution in [0.15, 0.2) is 4.52 Å². The SMILES string of the molecule is C[C@@H]([C@@H]1CCCN1C)n1nc(I)c2c(Cl)nc(-c3noc4c3CCC[C@@]43CCCCC34OCCO4)nc21. The van der Waals surface area contributed by atoms with Crippen molar-refractivity contribution >= 4 is 45.2 Å². The van der Waals surface area contributed by atoms with Crippen LogP contribution >= 0.6 is 34.2 Å². The number of nitrogens with zero attached hydrogens (tertiary/aromatic N) is 6. The van der Waals surface area contributed by atoms with Gasteiger partial charge in [-0.2, -0.15) is 5.10 Å². The zero-order chi connectivity index (χ0) is 25.4. The van der Waals surface area contributed by atoms with Gasteiger partial charge in [-0.25, -0.2) is 14.6 Å². The minimum Gasteiger partial charge on any atom is -0.360 e. The standard InChI is InChI=1S/C26H32ClIN6O3/c1-15(17-8-6-12-33(17)2)34-24-18(22(28)31-34)21(27)29-23(30-24)19-16-7-5-10-25(20(16)37-32-19)9-3-4-11-26(25)35-13-14-36-26/h15,17H,3-14H2,1-2H3/t15-,17-,25-/m0/s1. The highest BCUT2D eigenvalue weighted by Gasteiger charge is 2.61. The van der Waals surface area contributed by atoms with Gasteiger partial charge in [-0.1, -0.05) is 23.2 Å². The first kappa shape index (κ1) is 24.7. The van der Waals surface area contributed by atoms with E-state index in [1.165, 1.54) is 6.42 Å². The fourth-order valence-corrected chi connectivity index (χ4v) is 8.66. The fraction of sp³-hybridized carbons (Fsp3) is 0.692. The molecule has 11 heteroatoms. The minimum absolute atomic E-state index is 0.158. The van der Waals surface area contributed by atoms with Crippen LogP contribution in [0.1, 0.15) is 75.7 Å². The van der Waals surface area contributed by atoms with Crippen LogP contribution in [-0.2, 0) is 21.3 Å². The normalized spacial score (nSPS) is 28.5. The van der Waals surface area contributed by atoms with Crippen molar-refractivity contribution in [1.82, 2.24) is 29.8 Å². The molecular formula is C26H32ClIN6O3. The van der Waals surface area contributed by atoms with Gasteiger partial charge < -0.3 is 18.9 Å². The highest BCUT2D eigenvalue weighted by Crippen LogP contribution is 2.57. The first-order valence-corrected chi connectivity index (χ1v) is 15.0. The molecule has 3 aromatic heterocycles. The molecule has 2 saturated heterocycles. The van der Waals surface area contributed by atoms with Crippen molar-refractivity contribution in [2.24, 2.45) is 0 Å². The first-order valence-electron chi connectivity index (χ1n) is 13.5. The first-order chi connectivity index (χ1) is 17.9. The van der Waals surface area contributed by atoms with Crippen LogP contribution in [0.4, 0.5) is 0 Å². The Bertz CT molecular complexity index is 1350. The largest absolute Gasteiger partial charge is 0.360 e. The van der Waals surface area contributed by atoms with E-state index in [1.807, 2.05) is 4.68 Å². The van der Waals surface area contributed by atoms with E-state index in [-0.39, 0.29) is 11.5 Å². The van der Waals surface area contributed by atoms with E-state index in [1.54, 1.807) is 0 Å². The van der Waals surface area contributed by atoms with Crippen LogP contribution < -0.4 is 0 Å². The van der Waals surface area contributed by atoms with Gasteiger partial charge in [0.25, 0.3) is 0 Å². The highest BCUT2D eigenvalue weighted by atomic mass is 127. The van der Waals surface area contributed by atoms with E-state index in [4.69, 9.17) is 40.7 Å². The average molecular weight is 639 g/mol. The Kier molecular flexibility index (Phi) is 6.08. The second-order valence-electron chi connectivity index (χ2n) is 11.1. The summed E-state index contributed by atoms with van der Waals surface area (Å²) in [6.45, 7) is 4.58. The molecule has 0 radical (unpaired) electrons. The molecule has 0 amide bonds. The zero-order valence-electron chi connectivity index (χ0n) is 21.3. The average Bonchev–Trinajstić information content (AvgIpc) is 3.68. The van der Waals surface area contributed by atoms with Crippen molar-refractivity contribution in [2.75, 3.05) is 26.8 Å². The molecule has 1 saturated carbocycles. The molecule has 9 nitrogen and oxygen atoms in total. The van der Waals surface area contributed by atoms with Gasteiger partial charge in [0.15, 0.2) is 28.7 Å². The third kappa shape index (κ3) is 3.58. The number of aromatic nitrogens is 5. The van der Waals surface area contributed by atoms with Crippen LogP contribution in [0.2, 0.25) is 5.15 Å². The van der Waals surface area contributed by atoms with Gasteiger partial charge in [-0.3, -0.25) is 0 Å². The molecule has 2 aliphatic heterocycles. The minimum atomic E-state index is -0.614. The van der Waals surface area contributed by atoms with Gasteiger partial charge in [0, 0.05) is 18.0 Å². The van der Waals surface area contributed by atoms with Gasteiger partial charge >= 0.3 is 0 Å². The maximum Gasteiger partial charge on any atom is 0.185 e. The summed E-state index contributed by atoms with van der Waals surface area (Å²) in [5, 5.41) is 10.7. The number of likely N-dealkylation sites (N-methyl/N-ethyl adjacent to an activating group) is 1. The molecule has 0 unspecified atom stereocenters. The molecule has 0 aromatic carbocycles. The van der Waals surface area contributed by atoms with Crippen molar-refractivity contribution in [3.63, 3.8) is 0 Å². The predicted molar refractivity (Wildman–Crippen MR) is 147 cm³/mol. The quantitative estimate of drug-likeness (QED) is 0.283. The van der Waals surface area contributed by atoms with Crippen LogP contribution in [-0.4, -0.2) is 68.4 Å². The van der Waals surface area contributed by atoms with Gasteiger partial charge in [-0.05, 0) is 88.1 Å². The van der Waals surface area contributed by atoms with Crippen LogP contribution in [0.5, 0.6) is 0 Å². The Morgan fingerprint density at radius 3 is 2.65 bits per heavy atom. The molecule has 3 aromatic rings. The number of ether oxygens (including phenoxy) is 2. The lowest BCUT2D eigenvalue weighted by molar-refractivity contribution is -0.235. The van der Waals surface area contributed by atoms with E-state index >= 15 is 0 Å². The number of fused-ring (bicyclic) bond motifs is 4. The van der Waals surface area contributed by atoms with Crippen molar-refractivity contribution in [3.8, 4) is 11.5 Å². The molecule has 5 heterocycles. The molecule has 3 fully saturated rings. The summed E-state index contributed by atoms with van der Waals surface area (Å²) in [6.07, 6.45) is 9.31. The highest BCUT2D eigenvalue weighted by molar-refractivity contribution is 14.1. The smallest absolute Gasteiger partial charge is 0.185 e. The number of hydrogen-bond donors (Lipinski definition) is 0. The predicted octanol–water partition coefficient (Wildman–Crippen LogP) is 5.29. The van der Waals surface area contributed by atoms with Gasteiger partial charge in [-0.15, -0.1) is 0 Å². The van der Waals surface area contributed by atoms with E-state index in [0.717, 1.165) is 84.0 Å². The number of hydrogen-bond acceptors (Lipinski definition) is 8. The maximum absolute atomic E-state index is 6.80. The summed E-state index contributed by atoms with van der Waals surface area (Å²) >= 11 is 9.03. The Morgan fingerprint density at radius 1 is 1.08 bits per heavy atom. The Morgan fingerprint density at radius 2 is 1.86 bits per heavy atom. The Balaban J connectivity index is 1.34. The molecule has 7 rings (SSSR count). The fourth-order valence-electron chi connectivity index (χ4n) is 7.52. The summed E-state index contributed by atoms with van der Waals surface area (Å²) < 4.78 is 21.7. The second kappa shape index (κ2) is 9.11. The maximum atomic E-state index is 6.80. The third-order valence-corrected chi connectivity index (χ3v) is 10.3. The van der Waals surface area contributed by atoms with Gasteiger partial charge in [0.05, 0.1) is 30.1 Å². The monoisotopic (exact) mass is 638 g/mol. The summed E-state index contributed by atoms with van der Waals surface area (Å²) in [6, 6.07) is 0.565. The van der Waals surface area contributed by atoms with E-state index in [0.29, 0.717) is 35.9 Å². The Labute approximate surface area is 234 Å². The molecule has 2 spiro atoms. The molecule has 0 N–H and O–H groups in total. The summed E-state index contributed by atoms with van der Waals surface area (Å²) in [7, 11) is 2.19. The molecule has 0 bridgehead atoms. The van der Waals surface area contributed by atoms with E-state index < -0.39 is 5.79 Å². The topological polar surface area (TPSA) is 91.3 Å². The van der Waals surface area contributed by atoms with Crippen LogP contribution in [0.3, 0.4) is 0 Å². The van der Waals surface area contributed by atoms with Crippen molar-refractivity contribution in [3.05, 3.63) is 20.2 Å². The van der Waals surface area contributed by atoms with Crippen molar-refractivity contribution in [1.29, 1.82) is 0 Å². The third-order valence-electron chi connectivity index (χ3n) is 9.29. The summed E-state index contributed by atoms with van der Waals surface area (Å²) in [5.41, 5.74) is 2.20. The molecule has 2 aliphatic carbocycles.